The Labute approximate surface area is 119 Å². The predicted octanol–water partition coefficient (Wildman–Crippen LogP) is 3.42. The van der Waals surface area contributed by atoms with Crippen molar-refractivity contribution < 1.29 is 0 Å². The van der Waals surface area contributed by atoms with Gasteiger partial charge in [-0.05, 0) is 63.8 Å². The summed E-state index contributed by atoms with van der Waals surface area (Å²) in [7, 11) is 2.37. The summed E-state index contributed by atoms with van der Waals surface area (Å²) in [6.07, 6.45) is 13.0. The third kappa shape index (κ3) is 3.33. The summed E-state index contributed by atoms with van der Waals surface area (Å²) in [4.78, 5) is 2.67. The molecule has 1 aliphatic heterocycles. The van der Waals surface area contributed by atoms with Crippen molar-refractivity contribution in [3.05, 3.63) is 0 Å². The second kappa shape index (κ2) is 6.13. The average Bonchev–Trinajstić information content (AvgIpc) is 2.81. The van der Waals surface area contributed by atoms with Crippen LogP contribution in [0.15, 0.2) is 0 Å². The highest BCUT2D eigenvalue weighted by atomic mass is 15.2. The first-order valence-corrected chi connectivity index (χ1v) is 8.68. The van der Waals surface area contributed by atoms with Gasteiger partial charge in [-0.25, -0.2) is 0 Å². The van der Waals surface area contributed by atoms with Crippen LogP contribution in [0.1, 0.15) is 64.7 Å². The Kier molecular flexibility index (Phi) is 4.48. The molecule has 0 aromatic heterocycles. The molecule has 0 aromatic carbocycles. The lowest BCUT2D eigenvalue weighted by atomic mass is 9.85. The summed E-state index contributed by atoms with van der Waals surface area (Å²) in [6, 6.07) is 2.50. The molecule has 3 rings (SSSR count). The SMILES string of the molecule is CC1CCC(N(C)CC2CC3CCCCC3N2)CC1. The van der Waals surface area contributed by atoms with Crippen molar-refractivity contribution in [2.24, 2.45) is 11.8 Å². The van der Waals surface area contributed by atoms with Gasteiger partial charge in [-0.3, -0.25) is 0 Å². The molecular weight excluding hydrogens is 232 g/mol. The van der Waals surface area contributed by atoms with Crippen LogP contribution in [0.2, 0.25) is 0 Å². The number of nitrogens with one attached hydrogen (secondary N) is 1. The highest BCUT2D eigenvalue weighted by Crippen LogP contribution is 2.34. The first-order valence-electron chi connectivity index (χ1n) is 8.68. The molecule has 0 radical (unpaired) electrons. The maximum atomic E-state index is 3.93. The fraction of sp³-hybridized carbons (Fsp3) is 1.00. The quantitative estimate of drug-likeness (QED) is 0.840. The van der Waals surface area contributed by atoms with Gasteiger partial charge in [0.2, 0.25) is 0 Å². The van der Waals surface area contributed by atoms with E-state index in [0.717, 1.165) is 30.0 Å². The molecular formula is C17H32N2. The van der Waals surface area contributed by atoms with Gasteiger partial charge in [0, 0.05) is 24.7 Å². The Morgan fingerprint density at radius 2 is 1.74 bits per heavy atom. The van der Waals surface area contributed by atoms with Crippen LogP contribution in [-0.2, 0) is 0 Å². The van der Waals surface area contributed by atoms with E-state index < -0.39 is 0 Å². The fourth-order valence-corrected chi connectivity index (χ4v) is 4.75. The third-order valence-electron chi connectivity index (χ3n) is 6.06. The van der Waals surface area contributed by atoms with Crippen LogP contribution in [0.25, 0.3) is 0 Å². The number of likely N-dealkylation sites (N-methyl/N-ethyl adjacent to an activating group) is 1. The highest BCUT2D eigenvalue weighted by Gasteiger charge is 2.36. The zero-order valence-corrected chi connectivity index (χ0v) is 12.9. The minimum absolute atomic E-state index is 0.775. The second-order valence-corrected chi connectivity index (χ2v) is 7.60. The molecule has 3 aliphatic rings. The molecule has 110 valence electrons. The van der Waals surface area contributed by atoms with Gasteiger partial charge in [-0.15, -0.1) is 0 Å². The minimum atomic E-state index is 0.775. The van der Waals surface area contributed by atoms with Crippen LogP contribution in [0.4, 0.5) is 0 Å². The number of rotatable bonds is 3. The molecule has 0 bridgehead atoms. The number of nitrogens with zero attached hydrogens (tertiary/aromatic N) is 1. The van der Waals surface area contributed by atoms with Crippen molar-refractivity contribution in [1.29, 1.82) is 0 Å². The standard InChI is InChI=1S/C17H32N2/c1-13-7-9-16(10-8-13)19(2)12-15-11-14-5-3-4-6-17(14)18-15/h13-18H,3-12H2,1-2H3. The van der Waals surface area contributed by atoms with Crippen molar-refractivity contribution in [2.75, 3.05) is 13.6 Å². The van der Waals surface area contributed by atoms with Crippen molar-refractivity contribution >= 4 is 0 Å². The lowest BCUT2D eigenvalue weighted by molar-refractivity contribution is 0.158. The van der Waals surface area contributed by atoms with Gasteiger partial charge >= 0.3 is 0 Å². The first-order chi connectivity index (χ1) is 9.22. The van der Waals surface area contributed by atoms with E-state index in [1.54, 1.807) is 0 Å². The van der Waals surface area contributed by atoms with Gasteiger partial charge in [0.05, 0.1) is 0 Å². The second-order valence-electron chi connectivity index (χ2n) is 7.60. The molecule has 0 spiro atoms. The first kappa shape index (κ1) is 13.9. The Morgan fingerprint density at radius 1 is 1.00 bits per heavy atom. The highest BCUT2D eigenvalue weighted by molar-refractivity contribution is 4.94. The molecule has 0 aromatic rings. The largest absolute Gasteiger partial charge is 0.310 e. The summed E-state index contributed by atoms with van der Waals surface area (Å²) in [5.41, 5.74) is 0. The van der Waals surface area contributed by atoms with E-state index in [1.165, 1.54) is 64.3 Å². The average molecular weight is 264 g/mol. The van der Waals surface area contributed by atoms with E-state index in [9.17, 15) is 0 Å². The Hall–Kier alpha value is -0.0800. The maximum absolute atomic E-state index is 3.93. The van der Waals surface area contributed by atoms with Gasteiger partial charge < -0.3 is 10.2 Å². The topological polar surface area (TPSA) is 15.3 Å². The maximum Gasteiger partial charge on any atom is 0.0200 e. The van der Waals surface area contributed by atoms with Gasteiger partial charge in [-0.1, -0.05) is 19.8 Å². The van der Waals surface area contributed by atoms with Crippen molar-refractivity contribution in [2.45, 2.75) is 82.8 Å². The summed E-state index contributed by atoms with van der Waals surface area (Å²) >= 11 is 0. The monoisotopic (exact) mass is 264 g/mol. The van der Waals surface area contributed by atoms with Gasteiger partial charge in [0.15, 0.2) is 0 Å². The molecule has 3 fully saturated rings. The van der Waals surface area contributed by atoms with Gasteiger partial charge in [0.25, 0.3) is 0 Å². The summed E-state index contributed by atoms with van der Waals surface area (Å²) in [6.45, 7) is 3.70. The van der Waals surface area contributed by atoms with Crippen molar-refractivity contribution in [1.82, 2.24) is 10.2 Å². The molecule has 0 amide bonds. The lowest BCUT2D eigenvalue weighted by Crippen LogP contribution is -2.43. The van der Waals surface area contributed by atoms with Crippen molar-refractivity contribution in [3.63, 3.8) is 0 Å². The van der Waals surface area contributed by atoms with Crippen LogP contribution < -0.4 is 5.32 Å². The zero-order valence-electron chi connectivity index (χ0n) is 12.9. The minimum Gasteiger partial charge on any atom is -0.310 e. The third-order valence-corrected chi connectivity index (χ3v) is 6.06. The van der Waals surface area contributed by atoms with Crippen LogP contribution in [0, 0.1) is 11.8 Å². The summed E-state index contributed by atoms with van der Waals surface area (Å²) in [5, 5.41) is 3.93. The van der Waals surface area contributed by atoms with Gasteiger partial charge in [-0.2, -0.15) is 0 Å². The normalized spacial score (nSPS) is 43.4. The smallest absolute Gasteiger partial charge is 0.0200 e. The van der Waals surface area contributed by atoms with Crippen LogP contribution in [0.5, 0.6) is 0 Å². The number of fused-ring (bicyclic) bond motifs is 1. The molecule has 1 heterocycles. The Morgan fingerprint density at radius 3 is 2.47 bits per heavy atom. The van der Waals surface area contributed by atoms with Crippen LogP contribution in [-0.4, -0.2) is 36.6 Å². The van der Waals surface area contributed by atoms with Gasteiger partial charge in [0.1, 0.15) is 0 Å². The Bertz CT molecular complexity index is 269. The van der Waals surface area contributed by atoms with E-state index in [0.29, 0.717) is 0 Å². The molecule has 2 heteroatoms. The van der Waals surface area contributed by atoms with E-state index in [2.05, 4.69) is 24.2 Å². The lowest BCUT2D eigenvalue weighted by Gasteiger charge is -2.35. The Balaban J connectivity index is 1.46. The van der Waals surface area contributed by atoms with E-state index in [4.69, 9.17) is 0 Å². The van der Waals surface area contributed by atoms with Crippen LogP contribution in [0.3, 0.4) is 0 Å². The van der Waals surface area contributed by atoms with E-state index in [1.807, 2.05) is 0 Å². The zero-order chi connectivity index (χ0) is 13.2. The molecule has 1 N–H and O–H groups in total. The fourth-order valence-electron chi connectivity index (χ4n) is 4.75. The molecule has 1 saturated heterocycles. The van der Waals surface area contributed by atoms with Crippen molar-refractivity contribution in [3.8, 4) is 0 Å². The molecule has 2 aliphatic carbocycles. The number of hydrogen-bond acceptors (Lipinski definition) is 2. The molecule has 2 saturated carbocycles. The molecule has 3 unspecified atom stereocenters. The summed E-state index contributed by atoms with van der Waals surface area (Å²) < 4.78 is 0. The number of hydrogen-bond donors (Lipinski definition) is 1. The molecule has 3 atom stereocenters. The molecule has 2 nitrogen and oxygen atoms in total. The predicted molar refractivity (Wildman–Crippen MR) is 81.3 cm³/mol. The van der Waals surface area contributed by atoms with E-state index in [-0.39, 0.29) is 0 Å². The van der Waals surface area contributed by atoms with E-state index >= 15 is 0 Å². The van der Waals surface area contributed by atoms with Crippen LogP contribution >= 0.6 is 0 Å². The molecule has 19 heavy (non-hydrogen) atoms. The summed E-state index contributed by atoms with van der Waals surface area (Å²) in [5.74, 6) is 1.97.